The third-order valence-corrected chi connectivity index (χ3v) is 3.46. The first kappa shape index (κ1) is 14.6. The summed E-state index contributed by atoms with van der Waals surface area (Å²) in [6.45, 7) is 0.324. The first-order valence-corrected chi connectivity index (χ1v) is 6.30. The van der Waals surface area contributed by atoms with Crippen LogP contribution in [0.4, 0.5) is 18.9 Å². The Morgan fingerprint density at radius 2 is 2.15 bits per heavy atom. The SMILES string of the molecule is CN1CC(Nc2ccc(C#N)nc2)CCC1C(F)(F)F. The summed E-state index contributed by atoms with van der Waals surface area (Å²) < 4.78 is 38.2. The van der Waals surface area contributed by atoms with Crippen LogP contribution in [0.1, 0.15) is 18.5 Å². The lowest BCUT2D eigenvalue weighted by Gasteiger charge is -2.38. The van der Waals surface area contributed by atoms with E-state index in [0.717, 1.165) is 0 Å². The summed E-state index contributed by atoms with van der Waals surface area (Å²) in [7, 11) is 1.49. The Kier molecular flexibility index (Phi) is 4.14. The molecular formula is C13H15F3N4. The second kappa shape index (κ2) is 5.67. The van der Waals surface area contributed by atoms with Crippen LogP contribution in [0.15, 0.2) is 18.3 Å². The van der Waals surface area contributed by atoms with Crippen LogP contribution in [0, 0.1) is 11.3 Å². The van der Waals surface area contributed by atoms with Gasteiger partial charge in [-0.25, -0.2) is 4.98 Å². The van der Waals surface area contributed by atoms with Gasteiger partial charge >= 0.3 is 6.18 Å². The van der Waals surface area contributed by atoms with E-state index < -0.39 is 12.2 Å². The number of nitrogens with zero attached hydrogens (tertiary/aromatic N) is 3. The van der Waals surface area contributed by atoms with Crippen molar-refractivity contribution in [2.24, 2.45) is 0 Å². The molecule has 1 fully saturated rings. The van der Waals surface area contributed by atoms with Crippen LogP contribution < -0.4 is 5.32 Å². The van der Waals surface area contributed by atoms with Crippen molar-refractivity contribution in [3.63, 3.8) is 0 Å². The molecule has 0 radical (unpaired) electrons. The molecule has 1 aliphatic heterocycles. The van der Waals surface area contributed by atoms with E-state index in [0.29, 0.717) is 24.3 Å². The van der Waals surface area contributed by atoms with E-state index in [2.05, 4.69) is 10.3 Å². The van der Waals surface area contributed by atoms with E-state index in [1.54, 1.807) is 12.1 Å². The van der Waals surface area contributed by atoms with Crippen molar-refractivity contribution < 1.29 is 13.2 Å². The maximum absolute atomic E-state index is 12.7. The van der Waals surface area contributed by atoms with Gasteiger partial charge < -0.3 is 5.32 Å². The highest BCUT2D eigenvalue weighted by Crippen LogP contribution is 2.31. The molecule has 20 heavy (non-hydrogen) atoms. The Balaban J connectivity index is 1.94. The van der Waals surface area contributed by atoms with Gasteiger partial charge in [0, 0.05) is 12.6 Å². The molecule has 2 heterocycles. The van der Waals surface area contributed by atoms with Crippen molar-refractivity contribution in [1.82, 2.24) is 9.88 Å². The summed E-state index contributed by atoms with van der Waals surface area (Å²) in [6, 6.07) is 3.79. The average Bonchev–Trinajstić information content (AvgIpc) is 2.38. The predicted octanol–water partition coefficient (Wildman–Crippen LogP) is 2.39. The van der Waals surface area contributed by atoms with Crippen LogP contribution in [-0.2, 0) is 0 Å². The number of likely N-dealkylation sites (N-methyl/N-ethyl adjacent to an activating group) is 1. The van der Waals surface area contributed by atoms with Crippen molar-refractivity contribution >= 4 is 5.69 Å². The Labute approximate surface area is 115 Å². The van der Waals surface area contributed by atoms with Crippen LogP contribution in [0.3, 0.4) is 0 Å². The van der Waals surface area contributed by atoms with Crippen LogP contribution in [0.5, 0.6) is 0 Å². The quantitative estimate of drug-likeness (QED) is 0.906. The summed E-state index contributed by atoms with van der Waals surface area (Å²) in [4.78, 5) is 5.25. The van der Waals surface area contributed by atoms with Gasteiger partial charge in [-0.2, -0.15) is 18.4 Å². The molecular weight excluding hydrogens is 269 g/mol. The predicted molar refractivity (Wildman–Crippen MR) is 68.1 cm³/mol. The fourth-order valence-corrected chi connectivity index (χ4v) is 2.46. The number of likely N-dealkylation sites (tertiary alicyclic amines) is 1. The number of halogens is 3. The van der Waals surface area contributed by atoms with Crippen LogP contribution in [-0.4, -0.2) is 41.7 Å². The van der Waals surface area contributed by atoms with Crippen molar-refractivity contribution in [3.05, 3.63) is 24.0 Å². The van der Waals surface area contributed by atoms with Gasteiger partial charge in [0.15, 0.2) is 0 Å². The van der Waals surface area contributed by atoms with Gasteiger partial charge in [0.1, 0.15) is 17.8 Å². The summed E-state index contributed by atoms with van der Waals surface area (Å²) in [5, 5.41) is 11.8. The second-order valence-corrected chi connectivity index (χ2v) is 4.96. The molecule has 1 aromatic heterocycles. The molecule has 1 aromatic rings. The van der Waals surface area contributed by atoms with E-state index in [-0.39, 0.29) is 12.5 Å². The summed E-state index contributed by atoms with van der Waals surface area (Å²) in [5.41, 5.74) is 1.03. The van der Waals surface area contributed by atoms with Crippen molar-refractivity contribution in [1.29, 1.82) is 5.26 Å². The molecule has 1 saturated heterocycles. The minimum Gasteiger partial charge on any atom is -0.380 e. The number of aromatic nitrogens is 1. The number of hydrogen-bond acceptors (Lipinski definition) is 4. The highest BCUT2D eigenvalue weighted by Gasteiger charge is 2.44. The van der Waals surface area contributed by atoms with Gasteiger partial charge in [0.05, 0.1) is 11.9 Å². The molecule has 108 valence electrons. The lowest BCUT2D eigenvalue weighted by Crippen LogP contribution is -2.52. The molecule has 1 N–H and O–H groups in total. The molecule has 2 atom stereocenters. The lowest BCUT2D eigenvalue weighted by atomic mass is 9.98. The lowest BCUT2D eigenvalue weighted by molar-refractivity contribution is -0.187. The Hall–Kier alpha value is -1.81. The average molecular weight is 284 g/mol. The van der Waals surface area contributed by atoms with Crippen molar-refractivity contribution in [2.75, 3.05) is 18.9 Å². The number of nitrogens with one attached hydrogen (secondary N) is 1. The van der Waals surface area contributed by atoms with E-state index in [4.69, 9.17) is 5.26 Å². The Morgan fingerprint density at radius 1 is 1.40 bits per heavy atom. The zero-order valence-corrected chi connectivity index (χ0v) is 11.0. The van der Waals surface area contributed by atoms with E-state index >= 15 is 0 Å². The molecule has 7 heteroatoms. The number of anilines is 1. The summed E-state index contributed by atoms with van der Waals surface area (Å²) >= 11 is 0. The molecule has 1 aliphatic rings. The molecule has 0 saturated carbocycles. The second-order valence-electron chi connectivity index (χ2n) is 4.96. The van der Waals surface area contributed by atoms with E-state index in [1.165, 1.54) is 18.1 Å². The fraction of sp³-hybridized carbons (Fsp3) is 0.538. The third-order valence-electron chi connectivity index (χ3n) is 3.46. The number of alkyl halides is 3. The number of nitriles is 1. The highest BCUT2D eigenvalue weighted by atomic mass is 19.4. The van der Waals surface area contributed by atoms with E-state index in [1.807, 2.05) is 6.07 Å². The molecule has 4 nitrogen and oxygen atoms in total. The number of hydrogen-bond donors (Lipinski definition) is 1. The normalized spacial score (nSPS) is 24.1. The monoisotopic (exact) mass is 284 g/mol. The minimum atomic E-state index is -4.17. The molecule has 2 rings (SSSR count). The van der Waals surface area contributed by atoms with E-state index in [9.17, 15) is 13.2 Å². The number of rotatable bonds is 2. The van der Waals surface area contributed by atoms with Gasteiger partial charge in [-0.15, -0.1) is 0 Å². The first-order chi connectivity index (χ1) is 9.40. The largest absolute Gasteiger partial charge is 0.404 e. The summed E-state index contributed by atoms with van der Waals surface area (Å²) in [5.74, 6) is 0. The van der Waals surface area contributed by atoms with Crippen LogP contribution in [0.2, 0.25) is 0 Å². The van der Waals surface area contributed by atoms with Gasteiger partial charge in [0.25, 0.3) is 0 Å². The maximum Gasteiger partial charge on any atom is 0.404 e. The van der Waals surface area contributed by atoms with Gasteiger partial charge in [0.2, 0.25) is 0 Å². The molecule has 0 spiro atoms. The fourth-order valence-electron chi connectivity index (χ4n) is 2.46. The van der Waals surface area contributed by atoms with Gasteiger partial charge in [-0.05, 0) is 32.0 Å². The highest BCUT2D eigenvalue weighted by molar-refractivity contribution is 5.43. The molecule has 2 unspecified atom stereocenters. The molecule has 0 aromatic carbocycles. The van der Waals surface area contributed by atoms with Gasteiger partial charge in [-0.3, -0.25) is 4.90 Å². The molecule has 0 bridgehead atoms. The Bertz CT molecular complexity index is 492. The smallest absolute Gasteiger partial charge is 0.380 e. The topological polar surface area (TPSA) is 52.0 Å². The molecule has 0 aliphatic carbocycles. The number of pyridine rings is 1. The minimum absolute atomic E-state index is 0.0478. The third kappa shape index (κ3) is 3.39. The standard InChI is InChI=1S/C13H15F3N4/c1-20-8-11(4-5-12(20)13(14,15)16)19-10-3-2-9(6-17)18-7-10/h2-3,7,11-12,19H,4-5,8H2,1H3. The maximum atomic E-state index is 12.7. The van der Waals surface area contributed by atoms with Crippen LogP contribution in [0.25, 0.3) is 0 Å². The first-order valence-electron chi connectivity index (χ1n) is 6.30. The van der Waals surface area contributed by atoms with Gasteiger partial charge in [-0.1, -0.05) is 0 Å². The zero-order valence-electron chi connectivity index (χ0n) is 11.0. The van der Waals surface area contributed by atoms with Crippen molar-refractivity contribution in [2.45, 2.75) is 31.1 Å². The Morgan fingerprint density at radius 3 is 2.65 bits per heavy atom. The molecule has 0 amide bonds. The van der Waals surface area contributed by atoms with Crippen molar-refractivity contribution in [3.8, 4) is 6.07 Å². The number of piperidine rings is 1. The zero-order chi connectivity index (χ0) is 14.8. The van der Waals surface area contributed by atoms with Crippen LogP contribution >= 0.6 is 0 Å². The summed E-state index contributed by atoms with van der Waals surface area (Å²) in [6.07, 6.45) is -2.11.